The fraction of sp³-hybridized carbons (Fsp3) is 0.200. The second kappa shape index (κ2) is 5.61. The van der Waals surface area contributed by atoms with Crippen molar-refractivity contribution in [1.82, 2.24) is 9.88 Å². The molecule has 104 valence electrons. The normalized spacial score (nSPS) is 10.3. The third-order valence-electron chi connectivity index (χ3n) is 2.94. The van der Waals surface area contributed by atoms with Gasteiger partial charge < -0.3 is 15.1 Å². The van der Waals surface area contributed by atoms with Gasteiger partial charge in [-0.25, -0.2) is 0 Å². The molecule has 0 bridgehead atoms. The van der Waals surface area contributed by atoms with E-state index in [0.29, 0.717) is 6.54 Å². The molecule has 1 amide bonds. The van der Waals surface area contributed by atoms with Gasteiger partial charge in [0.1, 0.15) is 0 Å². The highest BCUT2D eigenvalue weighted by atomic mass is 16.3. The highest BCUT2D eigenvalue weighted by molar-refractivity contribution is 5.97. The van der Waals surface area contributed by atoms with Crippen LogP contribution in [0.2, 0.25) is 0 Å². The Hall–Kier alpha value is -2.56. The number of carbonyl (C=O) groups excluding carboxylic acids is 1. The Morgan fingerprint density at radius 3 is 2.60 bits per heavy atom. The maximum atomic E-state index is 12.2. The monoisotopic (exact) mass is 272 g/mol. The van der Waals surface area contributed by atoms with E-state index in [1.165, 1.54) is 23.1 Å². The summed E-state index contributed by atoms with van der Waals surface area (Å²) in [7, 11) is 1.62. The number of amides is 1. The van der Waals surface area contributed by atoms with Gasteiger partial charge in [0.2, 0.25) is 0 Å². The van der Waals surface area contributed by atoms with Crippen LogP contribution in [-0.2, 0) is 6.54 Å². The summed E-state index contributed by atoms with van der Waals surface area (Å²) in [4.78, 5) is 18.0. The number of benzene rings is 1. The average Bonchev–Trinajstić information content (AvgIpc) is 2.41. The fourth-order valence-corrected chi connectivity index (χ4v) is 1.91. The predicted molar refractivity (Wildman–Crippen MR) is 74.5 cm³/mol. The Kier molecular flexibility index (Phi) is 3.89. The van der Waals surface area contributed by atoms with Gasteiger partial charge in [-0.3, -0.25) is 9.78 Å². The summed E-state index contributed by atoms with van der Waals surface area (Å²) >= 11 is 0. The molecule has 0 atom stereocenters. The molecule has 0 fully saturated rings. The maximum Gasteiger partial charge on any atom is 0.257 e. The van der Waals surface area contributed by atoms with Crippen molar-refractivity contribution in [2.75, 3.05) is 7.05 Å². The van der Waals surface area contributed by atoms with Crippen LogP contribution in [-0.4, -0.2) is 33.1 Å². The van der Waals surface area contributed by atoms with E-state index in [9.17, 15) is 15.0 Å². The first-order chi connectivity index (χ1) is 9.49. The third-order valence-corrected chi connectivity index (χ3v) is 2.94. The first kappa shape index (κ1) is 13.9. The number of aromatic nitrogens is 1. The lowest BCUT2D eigenvalue weighted by Gasteiger charge is -2.17. The first-order valence-corrected chi connectivity index (χ1v) is 6.18. The van der Waals surface area contributed by atoms with Gasteiger partial charge in [-0.1, -0.05) is 12.1 Å². The van der Waals surface area contributed by atoms with Gasteiger partial charge in [0, 0.05) is 12.7 Å². The van der Waals surface area contributed by atoms with Crippen molar-refractivity contribution in [3.05, 3.63) is 53.3 Å². The van der Waals surface area contributed by atoms with E-state index >= 15 is 0 Å². The van der Waals surface area contributed by atoms with Crippen LogP contribution < -0.4 is 0 Å². The molecule has 0 aliphatic heterocycles. The zero-order chi connectivity index (χ0) is 14.7. The van der Waals surface area contributed by atoms with E-state index < -0.39 is 5.75 Å². The standard InChI is InChI=1S/C15H16N2O3/c1-10-5-3-6-11(16-10)9-17(2)15(20)12-7-4-8-13(18)14(12)19/h3-8,18-19H,9H2,1-2H3. The van der Waals surface area contributed by atoms with Crippen LogP contribution in [0.25, 0.3) is 0 Å². The second-order valence-corrected chi connectivity index (χ2v) is 4.60. The number of para-hydroxylation sites is 1. The minimum atomic E-state index is -0.401. The smallest absolute Gasteiger partial charge is 0.257 e. The van der Waals surface area contributed by atoms with Gasteiger partial charge in [0.15, 0.2) is 11.5 Å². The molecule has 1 aromatic carbocycles. The highest BCUT2D eigenvalue weighted by Gasteiger charge is 2.18. The summed E-state index contributed by atoms with van der Waals surface area (Å²) in [6.45, 7) is 2.21. The molecule has 5 nitrogen and oxygen atoms in total. The quantitative estimate of drug-likeness (QED) is 0.839. The Morgan fingerprint density at radius 1 is 1.20 bits per heavy atom. The van der Waals surface area contributed by atoms with Crippen LogP contribution in [0.5, 0.6) is 11.5 Å². The van der Waals surface area contributed by atoms with Crippen LogP contribution in [0.1, 0.15) is 21.7 Å². The Bertz CT molecular complexity index is 641. The molecule has 20 heavy (non-hydrogen) atoms. The fourth-order valence-electron chi connectivity index (χ4n) is 1.91. The number of aromatic hydroxyl groups is 2. The number of hydrogen-bond acceptors (Lipinski definition) is 4. The van der Waals surface area contributed by atoms with E-state index in [-0.39, 0.29) is 17.2 Å². The van der Waals surface area contributed by atoms with Crippen molar-refractivity contribution < 1.29 is 15.0 Å². The van der Waals surface area contributed by atoms with Gasteiger partial charge in [0.25, 0.3) is 5.91 Å². The molecular formula is C15H16N2O3. The molecule has 2 rings (SSSR count). The van der Waals surface area contributed by atoms with E-state index in [4.69, 9.17) is 0 Å². The van der Waals surface area contributed by atoms with Gasteiger partial charge in [0.05, 0.1) is 17.8 Å². The van der Waals surface area contributed by atoms with Crippen molar-refractivity contribution in [1.29, 1.82) is 0 Å². The number of carbonyl (C=O) groups is 1. The molecule has 2 N–H and O–H groups in total. The Labute approximate surface area is 117 Å². The molecule has 0 saturated carbocycles. The van der Waals surface area contributed by atoms with Crippen molar-refractivity contribution in [2.45, 2.75) is 13.5 Å². The summed E-state index contributed by atoms with van der Waals surface area (Å²) in [5, 5.41) is 19.1. The largest absolute Gasteiger partial charge is 0.504 e. The number of phenols is 2. The number of aryl methyl sites for hydroxylation is 1. The zero-order valence-corrected chi connectivity index (χ0v) is 11.4. The van der Waals surface area contributed by atoms with Crippen LogP contribution in [0.4, 0.5) is 0 Å². The van der Waals surface area contributed by atoms with Crippen LogP contribution in [0.3, 0.4) is 0 Å². The van der Waals surface area contributed by atoms with Gasteiger partial charge in [-0.2, -0.15) is 0 Å². The first-order valence-electron chi connectivity index (χ1n) is 6.18. The second-order valence-electron chi connectivity index (χ2n) is 4.60. The summed E-state index contributed by atoms with van der Waals surface area (Å²) in [6, 6.07) is 9.90. The third kappa shape index (κ3) is 2.88. The van der Waals surface area contributed by atoms with E-state index in [1.54, 1.807) is 7.05 Å². The van der Waals surface area contributed by atoms with Crippen LogP contribution in [0, 0.1) is 6.92 Å². The number of pyridine rings is 1. The van der Waals surface area contributed by atoms with Crippen LogP contribution in [0.15, 0.2) is 36.4 Å². The van der Waals surface area contributed by atoms with E-state index in [0.717, 1.165) is 11.4 Å². The molecule has 0 aliphatic carbocycles. The number of phenolic OH excluding ortho intramolecular Hbond substituents is 2. The predicted octanol–water partition coefficient (Wildman–Crippen LogP) is 2.07. The molecule has 1 aromatic heterocycles. The van der Waals surface area contributed by atoms with E-state index in [1.807, 2.05) is 25.1 Å². The summed E-state index contributed by atoms with van der Waals surface area (Å²) in [6.07, 6.45) is 0. The SMILES string of the molecule is Cc1cccc(CN(C)C(=O)c2cccc(O)c2O)n1. The average molecular weight is 272 g/mol. The molecule has 0 radical (unpaired) electrons. The van der Waals surface area contributed by atoms with Crippen molar-refractivity contribution in [3.63, 3.8) is 0 Å². The number of hydrogen-bond donors (Lipinski definition) is 2. The minimum Gasteiger partial charge on any atom is -0.504 e. The number of rotatable bonds is 3. The van der Waals surface area contributed by atoms with Gasteiger partial charge in [-0.05, 0) is 31.2 Å². The zero-order valence-electron chi connectivity index (χ0n) is 11.4. The molecular weight excluding hydrogens is 256 g/mol. The molecule has 0 saturated heterocycles. The van der Waals surface area contributed by atoms with Crippen molar-refractivity contribution in [3.8, 4) is 11.5 Å². The summed E-state index contributed by atoms with van der Waals surface area (Å²) < 4.78 is 0. The van der Waals surface area contributed by atoms with Gasteiger partial charge >= 0.3 is 0 Å². The highest BCUT2D eigenvalue weighted by Crippen LogP contribution is 2.29. The van der Waals surface area contributed by atoms with Crippen molar-refractivity contribution in [2.24, 2.45) is 0 Å². The van der Waals surface area contributed by atoms with Crippen molar-refractivity contribution >= 4 is 5.91 Å². The Balaban J connectivity index is 2.19. The molecule has 0 spiro atoms. The molecule has 0 aliphatic rings. The lowest BCUT2D eigenvalue weighted by molar-refractivity contribution is 0.0779. The molecule has 5 heteroatoms. The van der Waals surface area contributed by atoms with Gasteiger partial charge in [-0.15, -0.1) is 0 Å². The molecule has 2 aromatic rings. The lowest BCUT2D eigenvalue weighted by Crippen LogP contribution is -2.26. The molecule has 0 unspecified atom stereocenters. The lowest BCUT2D eigenvalue weighted by atomic mass is 10.1. The number of nitrogens with zero attached hydrogens (tertiary/aromatic N) is 2. The topological polar surface area (TPSA) is 73.7 Å². The summed E-state index contributed by atoms with van der Waals surface area (Å²) in [5.74, 6) is -1.08. The molecule has 1 heterocycles. The van der Waals surface area contributed by atoms with Crippen LogP contribution >= 0.6 is 0 Å². The minimum absolute atomic E-state index is 0.0696. The Morgan fingerprint density at radius 2 is 1.90 bits per heavy atom. The van der Waals surface area contributed by atoms with E-state index in [2.05, 4.69) is 4.98 Å². The summed E-state index contributed by atoms with van der Waals surface area (Å²) in [5.41, 5.74) is 1.71. The maximum absolute atomic E-state index is 12.2.